The van der Waals surface area contributed by atoms with Crippen molar-refractivity contribution in [1.82, 2.24) is 14.8 Å². The van der Waals surface area contributed by atoms with E-state index >= 15 is 4.39 Å². The minimum Gasteiger partial charge on any atom is -0.390 e. The van der Waals surface area contributed by atoms with Crippen LogP contribution in [0.3, 0.4) is 0 Å². The number of H-pyrrole nitrogens is 1. The highest BCUT2D eigenvalue weighted by atomic mass is 19.3. The fraction of sp³-hybridized carbons (Fsp3) is 0.500. The number of aromatic nitrogens is 1. The number of alkyl halides is 3. The van der Waals surface area contributed by atoms with Crippen LogP contribution in [0.15, 0.2) is 42.5 Å². The van der Waals surface area contributed by atoms with Crippen molar-refractivity contribution >= 4 is 10.9 Å². The molecule has 3 N–H and O–H groups in total. The fourth-order valence-electron chi connectivity index (χ4n) is 5.91. The van der Waals surface area contributed by atoms with Crippen molar-refractivity contribution in [2.45, 2.75) is 43.9 Å². The average Bonchev–Trinajstić information content (AvgIpc) is 3.21. The van der Waals surface area contributed by atoms with E-state index in [0.717, 1.165) is 22.2 Å². The molecule has 0 aliphatic carbocycles. The maximum atomic E-state index is 15.4. The molecule has 3 aromatic rings. The number of likely N-dealkylation sites (tertiary alicyclic amines) is 1. The van der Waals surface area contributed by atoms with Crippen molar-refractivity contribution in [2.24, 2.45) is 5.92 Å². The molecule has 3 atom stereocenters. The van der Waals surface area contributed by atoms with Gasteiger partial charge in [-0.05, 0) is 43.0 Å². The van der Waals surface area contributed by atoms with E-state index in [9.17, 15) is 23.4 Å². The third-order valence-corrected chi connectivity index (χ3v) is 7.86. The molecule has 1 saturated heterocycles. The summed E-state index contributed by atoms with van der Waals surface area (Å²) in [5, 5.41) is 21.1. The number of nitrogens with zero attached hydrogens (tertiary/aromatic N) is 2. The Morgan fingerprint density at radius 2 is 1.92 bits per heavy atom. The normalized spacial score (nSPS) is 22.2. The molecular formula is C28H33F4N3O2. The Labute approximate surface area is 213 Å². The summed E-state index contributed by atoms with van der Waals surface area (Å²) in [5.74, 6) is -4.05. The second-order valence-electron chi connectivity index (χ2n) is 10.5. The highest BCUT2D eigenvalue weighted by Crippen LogP contribution is 2.42. The van der Waals surface area contributed by atoms with Gasteiger partial charge >= 0.3 is 0 Å². The molecule has 0 spiro atoms. The van der Waals surface area contributed by atoms with Crippen LogP contribution in [0.2, 0.25) is 0 Å². The van der Waals surface area contributed by atoms with Gasteiger partial charge < -0.3 is 20.1 Å². The number of rotatable bonds is 9. The molecule has 1 fully saturated rings. The number of benzene rings is 2. The average molecular weight is 520 g/mol. The van der Waals surface area contributed by atoms with Crippen molar-refractivity contribution in [3.63, 3.8) is 0 Å². The Morgan fingerprint density at radius 1 is 1.16 bits per heavy atom. The van der Waals surface area contributed by atoms with Gasteiger partial charge in [-0.25, -0.2) is 13.2 Å². The van der Waals surface area contributed by atoms with Gasteiger partial charge in [-0.3, -0.25) is 9.29 Å². The molecule has 2 aromatic carbocycles. The van der Waals surface area contributed by atoms with E-state index in [4.69, 9.17) is 0 Å². The van der Waals surface area contributed by atoms with Crippen LogP contribution in [0, 0.1) is 11.7 Å². The molecule has 37 heavy (non-hydrogen) atoms. The molecule has 0 saturated carbocycles. The summed E-state index contributed by atoms with van der Waals surface area (Å²) in [5.41, 5.74) is 3.31. The van der Waals surface area contributed by atoms with E-state index in [1.807, 2.05) is 36.1 Å². The van der Waals surface area contributed by atoms with Crippen LogP contribution in [0.25, 0.3) is 10.9 Å². The first-order chi connectivity index (χ1) is 17.7. The molecule has 2 aliphatic rings. The summed E-state index contributed by atoms with van der Waals surface area (Å²) in [6.07, 6.45) is -0.0239. The first-order valence-corrected chi connectivity index (χ1v) is 12.8. The lowest BCUT2D eigenvalue weighted by Crippen LogP contribution is -2.49. The molecule has 5 nitrogen and oxygen atoms in total. The molecule has 0 radical (unpaired) electrons. The van der Waals surface area contributed by atoms with Gasteiger partial charge in [-0.2, -0.15) is 0 Å². The number of aromatic amines is 1. The van der Waals surface area contributed by atoms with Crippen LogP contribution in [0.5, 0.6) is 0 Å². The van der Waals surface area contributed by atoms with Gasteiger partial charge in [0, 0.05) is 53.8 Å². The van der Waals surface area contributed by atoms with E-state index in [2.05, 4.69) is 4.98 Å². The zero-order valence-electron chi connectivity index (χ0n) is 20.8. The quantitative estimate of drug-likeness (QED) is 0.362. The SMILES string of the molecule is C[C@@H]1Cc2c([nH]c3ccccc23)[C@@H](c2ccc([C@@H](O)C3CN(CCCF)C3)c(F)c2)N1CC(F)(F)CO. The van der Waals surface area contributed by atoms with E-state index in [1.54, 1.807) is 17.0 Å². The Balaban J connectivity index is 1.48. The summed E-state index contributed by atoms with van der Waals surface area (Å²) < 4.78 is 56.7. The number of nitrogens with one attached hydrogen (secondary N) is 1. The smallest absolute Gasteiger partial charge is 0.283 e. The topological polar surface area (TPSA) is 62.7 Å². The van der Waals surface area contributed by atoms with Gasteiger partial charge in [0.1, 0.15) is 12.4 Å². The van der Waals surface area contributed by atoms with E-state index in [1.165, 1.54) is 6.07 Å². The first kappa shape index (κ1) is 26.2. The second-order valence-corrected chi connectivity index (χ2v) is 10.5. The maximum Gasteiger partial charge on any atom is 0.283 e. The van der Waals surface area contributed by atoms with Crippen LogP contribution >= 0.6 is 0 Å². The number of hydrogen-bond donors (Lipinski definition) is 3. The largest absolute Gasteiger partial charge is 0.390 e. The molecule has 9 heteroatoms. The van der Waals surface area contributed by atoms with Gasteiger partial charge in [-0.1, -0.05) is 30.3 Å². The van der Waals surface area contributed by atoms with Gasteiger partial charge in [-0.15, -0.1) is 0 Å². The molecular weight excluding hydrogens is 486 g/mol. The lowest BCUT2D eigenvalue weighted by atomic mass is 9.85. The van der Waals surface area contributed by atoms with Crippen LogP contribution < -0.4 is 0 Å². The van der Waals surface area contributed by atoms with Crippen molar-refractivity contribution in [3.05, 3.63) is 70.7 Å². The van der Waals surface area contributed by atoms with Crippen LogP contribution in [0.1, 0.15) is 47.9 Å². The molecule has 200 valence electrons. The molecule has 2 aliphatic heterocycles. The number of para-hydroxylation sites is 1. The minimum absolute atomic E-state index is 0.144. The van der Waals surface area contributed by atoms with Crippen molar-refractivity contribution in [3.8, 4) is 0 Å². The summed E-state index contributed by atoms with van der Waals surface area (Å²) in [6, 6.07) is 11.4. The Morgan fingerprint density at radius 3 is 2.62 bits per heavy atom. The van der Waals surface area contributed by atoms with Crippen molar-refractivity contribution in [2.75, 3.05) is 39.5 Å². The lowest BCUT2D eigenvalue weighted by molar-refractivity contribution is -0.0864. The summed E-state index contributed by atoms with van der Waals surface area (Å²) in [6.45, 7) is 1.29. The van der Waals surface area contributed by atoms with Crippen LogP contribution in [-0.2, 0) is 6.42 Å². The van der Waals surface area contributed by atoms with Gasteiger partial charge in [0.05, 0.1) is 25.4 Å². The maximum absolute atomic E-state index is 15.4. The monoisotopic (exact) mass is 519 g/mol. The van der Waals surface area contributed by atoms with Gasteiger partial charge in [0.15, 0.2) is 0 Å². The summed E-state index contributed by atoms with van der Waals surface area (Å²) in [7, 11) is 0. The number of aliphatic hydroxyl groups is 2. The summed E-state index contributed by atoms with van der Waals surface area (Å²) in [4.78, 5) is 7.03. The molecule has 1 aromatic heterocycles. The first-order valence-electron chi connectivity index (χ1n) is 12.8. The standard InChI is InChI=1S/C28H33F4N3O2/c1-17-11-22-20-5-2-3-6-24(20)33-25(22)26(35(17)15-28(31,32)16-36)18-7-8-21(23(30)12-18)27(37)19-13-34(14-19)10-4-9-29/h2-3,5-8,12,17,19,26-27,33,36-37H,4,9-11,13-16H2,1H3/t17-,26-,27+/m1/s1. The van der Waals surface area contributed by atoms with Crippen molar-refractivity contribution < 1.29 is 27.8 Å². The zero-order valence-corrected chi connectivity index (χ0v) is 20.8. The van der Waals surface area contributed by atoms with E-state index in [-0.39, 0.29) is 24.2 Å². The van der Waals surface area contributed by atoms with Crippen molar-refractivity contribution in [1.29, 1.82) is 0 Å². The minimum atomic E-state index is -3.32. The Kier molecular flexibility index (Phi) is 7.33. The fourth-order valence-corrected chi connectivity index (χ4v) is 5.91. The van der Waals surface area contributed by atoms with E-state index in [0.29, 0.717) is 38.0 Å². The summed E-state index contributed by atoms with van der Waals surface area (Å²) >= 11 is 0. The number of halogens is 4. The number of hydrogen-bond acceptors (Lipinski definition) is 4. The Bertz CT molecular complexity index is 1240. The predicted octanol–water partition coefficient (Wildman–Crippen LogP) is 4.60. The predicted molar refractivity (Wildman–Crippen MR) is 134 cm³/mol. The van der Waals surface area contributed by atoms with Crippen LogP contribution in [0.4, 0.5) is 17.6 Å². The third-order valence-electron chi connectivity index (χ3n) is 7.86. The number of aliphatic hydroxyl groups excluding tert-OH is 2. The highest BCUT2D eigenvalue weighted by Gasteiger charge is 2.42. The number of fused-ring (bicyclic) bond motifs is 3. The van der Waals surface area contributed by atoms with E-state index < -0.39 is 37.0 Å². The highest BCUT2D eigenvalue weighted by molar-refractivity contribution is 5.85. The zero-order chi connectivity index (χ0) is 26.3. The lowest BCUT2D eigenvalue weighted by Gasteiger charge is -2.43. The van der Waals surface area contributed by atoms with Gasteiger partial charge in [0.2, 0.25) is 0 Å². The van der Waals surface area contributed by atoms with Gasteiger partial charge in [0.25, 0.3) is 5.92 Å². The molecule has 5 rings (SSSR count). The Hall–Kier alpha value is -2.46. The van der Waals surface area contributed by atoms with Crippen LogP contribution in [-0.4, -0.2) is 76.4 Å². The second kappa shape index (κ2) is 10.4. The molecule has 0 unspecified atom stereocenters. The third kappa shape index (κ3) is 5.02. The molecule has 3 heterocycles. The molecule has 0 bridgehead atoms. The molecule has 0 amide bonds.